The highest BCUT2D eigenvalue weighted by Gasteiger charge is 2.08. The van der Waals surface area contributed by atoms with Gasteiger partial charge in [-0.3, -0.25) is 4.79 Å². The second kappa shape index (κ2) is 8.67. The molecule has 0 atom stereocenters. The zero-order valence-corrected chi connectivity index (χ0v) is 14.1. The van der Waals surface area contributed by atoms with Crippen molar-refractivity contribution in [2.45, 2.75) is 13.8 Å². The molecule has 0 aliphatic heterocycles. The number of hydrogen-bond acceptors (Lipinski definition) is 5. The number of anilines is 3. The van der Waals surface area contributed by atoms with Crippen molar-refractivity contribution < 1.29 is 4.79 Å². The third-order valence-corrected chi connectivity index (χ3v) is 3.57. The molecule has 0 spiro atoms. The molecule has 1 amide bonds. The molecule has 1 heterocycles. The van der Waals surface area contributed by atoms with Gasteiger partial charge in [-0.1, -0.05) is 6.08 Å². The van der Waals surface area contributed by atoms with E-state index in [-0.39, 0.29) is 5.91 Å². The maximum atomic E-state index is 12.2. The Hall–Kier alpha value is -2.89. The minimum atomic E-state index is -0.235. The van der Waals surface area contributed by atoms with Gasteiger partial charge >= 0.3 is 0 Å². The monoisotopic (exact) mass is 325 g/mol. The minimum Gasteiger partial charge on any atom is -0.372 e. The van der Waals surface area contributed by atoms with Crippen LogP contribution in [0.1, 0.15) is 24.2 Å². The van der Waals surface area contributed by atoms with Crippen LogP contribution >= 0.6 is 0 Å². The third-order valence-electron chi connectivity index (χ3n) is 3.57. The molecule has 0 bridgehead atoms. The Morgan fingerprint density at radius 1 is 1.17 bits per heavy atom. The highest BCUT2D eigenvalue weighted by molar-refractivity contribution is 6.03. The molecule has 6 heteroatoms. The standard InChI is InChI=1S/C18H23N5O/c1-4-11-19-18-20-12-14(13-21-18)17(24)22-15-7-9-16(10-8-15)23(5-2)6-3/h4,7-10,12-13H,1,5-6,11H2,2-3H3,(H,22,24)(H,19,20,21). The van der Waals surface area contributed by atoms with Gasteiger partial charge in [0, 0.05) is 43.4 Å². The van der Waals surface area contributed by atoms with Crippen LogP contribution in [0.15, 0.2) is 49.3 Å². The molecular weight excluding hydrogens is 302 g/mol. The lowest BCUT2D eigenvalue weighted by atomic mass is 10.2. The first-order chi connectivity index (χ1) is 11.7. The maximum absolute atomic E-state index is 12.2. The number of rotatable bonds is 8. The van der Waals surface area contributed by atoms with Crippen molar-refractivity contribution in [3.8, 4) is 0 Å². The predicted octanol–water partition coefficient (Wildman–Crippen LogP) is 3.17. The van der Waals surface area contributed by atoms with E-state index in [9.17, 15) is 4.79 Å². The summed E-state index contributed by atoms with van der Waals surface area (Å²) in [6.07, 6.45) is 4.71. The molecule has 6 nitrogen and oxygen atoms in total. The Kier molecular flexibility index (Phi) is 6.31. The van der Waals surface area contributed by atoms with Gasteiger partial charge in [0.2, 0.25) is 5.95 Å². The summed E-state index contributed by atoms with van der Waals surface area (Å²) in [5, 5.41) is 5.81. The van der Waals surface area contributed by atoms with E-state index in [0.717, 1.165) is 24.5 Å². The fraction of sp³-hybridized carbons (Fsp3) is 0.278. The number of amides is 1. The smallest absolute Gasteiger partial charge is 0.258 e. The first-order valence-electron chi connectivity index (χ1n) is 8.01. The predicted molar refractivity (Wildman–Crippen MR) is 98.7 cm³/mol. The van der Waals surface area contributed by atoms with Gasteiger partial charge in [-0.25, -0.2) is 9.97 Å². The quantitative estimate of drug-likeness (QED) is 0.730. The molecule has 2 rings (SSSR count). The topological polar surface area (TPSA) is 70.2 Å². The number of aromatic nitrogens is 2. The second-order valence-corrected chi connectivity index (χ2v) is 5.14. The van der Waals surface area contributed by atoms with Gasteiger partial charge in [0.05, 0.1) is 5.56 Å². The van der Waals surface area contributed by atoms with Crippen molar-refractivity contribution in [3.63, 3.8) is 0 Å². The van der Waals surface area contributed by atoms with Crippen LogP contribution in [0.2, 0.25) is 0 Å². The largest absolute Gasteiger partial charge is 0.372 e. The van der Waals surface area contributed by atoms with Crippen molar-refractivity contribution in [2.75, 3.05) is 35.2 Å². The van der Waals surface area contributed by atoms with Crippen molar-refractivity contribution >= 4 is 23.2 Å². The van der Waals surface area contributed by atoms with E-state index in [4.69, 9.17) is 0 Å². The van der Waals surface area contributed by atoms with Gasteiger partial charge in [-0.15, -0.1) is 6.58 Å². The highest BCUT2D eigenvalue weighted by Crippen LogP contribution is 2.18. The summed E-state index contributed by atoms with van der Waals surface area (Å²) >= 11 is 0. The first-order valence-corrected chi connectivity index (χ1v) is 8.01. The Morgan fingerprint density at radius 3 is 2.33 bits per heavy atom. The average molecular weight is 325 g/mol. The summed E-state index contributed by atoms with van der Waals surface area (Å²) in [5.41, 5.74) is 2.29. The number of hydrogen-bond donors (Lipinski definition) is 2. The van der Waals surface area contributed by atoms with Gasteiger partial charge in [-0.05, 0) is 38.1 Å². The van der Waals surface area contributed by atoms with E-state index in [1.165, 1.54) is 12.4 Å². The van der Waals surface area contributed by atoms with Gasteiger partial charge in [0.25, 0.3) is 5.91 Å². The van der Waals surface area contributed by atoms with E-state index in [1.807, 2.05) is 24.3 Å². The van der Waals surface area contributed by atoms with Gasteiger partial charge in [-0.2, -0.15) is 0 Å². The number of benzene rings is 1. The molecule has 0 fully saturated rings. The average Bonchev–Trinajstić information content (AvgIpc) is 2.62. The number of carbonyl (C=O) groups excluding carboxylic acids is 1. The van der Waals surface area contributed by atoms with Crippen molar-refractivity contribution in [2.24, 2.45) is 0 Å². The van der Waals surface area contributed by atoms with E-state index < -0.39 is 0 Å². The van der Waals surface area contributed by atoms with Crippen LogP contribution in [0.5, 0.6) is 0 Å². The first kappa shape index (κ1) is 17.5. The van der Waals surface area contributed by atoms with Crippen LogP contribution in [-0.4, -0.2) is 35.5 Å². The van der Waals surface area contributed by atoms with E-state index in [2.05, 4.69) is 45.9 Å². The molecule has 2 aromatic rings. The van der Waals surface area contributed by atoms with E-state index in [0.29, 0.717) is 18.1 Å². The molecule has 0 saturated heterocycles. The molecule has 1 aromatic carbocycles. The number of nitrogens with zero attached hydrogens (tertiary/aromatic N) is 3. The lowest BCUT2D eigenvalue weighted by molar-refractivity contribution is 0.102. The summed E-state index contributed by atoms with van der Waals surface area (Å²) < 4.78 is 0. The lowest BCUT2D eigenvalue weighted by Gasteiger charge is -2.21. The summed E-state index contributed by atoms with van der Waals surface area (Å²) in [6, 6.07) is 7.79. The Labute approximate surface area is 142 Å². The second-order valence-electron chi connectivity index (χ2n) is 5.14. The summed E-state index contributed by atoms with van der Waals surface area (Å²) in [5.74, 6) is 0.232. The molecule has 24 heavy (non-hydrogen) atoms. The summed E-state index contributed by atoms with van der Waals surface area (Å²) in [7, 11) is 0. The highest BCUT2D eigenvalue weighted by atomic mass is 16.1. The molecule has 0 aliphatic rings. The van der Waals surface area contributed by atoms with Crippen LogP contribution in [-0.2, 0) is 0 Å². The normalized spacial score (nSPS) is 10.1. The molecule has 0 unspecified atom stereocenters. The van der Waals surface area contributed by atoms with Crippen LogP contribution in [0, 0.1) is 0 Å². The number of carbonyl (C=O) groups is 1. The van der Waals surface area contributed by atoms with Gasteiger partial charge in [0.15, 0.2) is 0 Å². The lowest BCUT2D eigenvalue weighted by Crippen LogP contribution is -2.21. The fourth-order valence-electron chi connectivity index (χ4n) is 2.25. The van der Waals surface area contributed by atoms with Crippen molar-refractivity contribution in [1.82, 2.24) is 9.97 Å². The Morgan fingerprint density at radius 2 is 1.79 bits per heavy atom. The third kappa shape index (κ3) is 4.55. The molecular formula is C18H23N5O. The summed E-state index contributed by atoms with van der Waals surface area (Å²) in [4.78, 5) is 22.7. The van der Waals surface area contributed by atoms with Gasteiger partial charge in [0.1, 0.15) is 0 Å². The number of nitrogens with one attached hydrogen (secondary N) is 2. The zero-order chi connectivity index (χ0) is 17.4. The maximum Gasteiger partial charge on any atom is 0.258 e. The van der Waals surface area contributed by atoms with Crippen LogP contribution in [0.25, 0.3) is 0 Å². The van der Waals surface area contributed by atoms with Crippen LogP contribution in [0.3, 0.4) is 0 Å². The Balaban J connectivity index is 2.00. The molecule has 0 aliphatic carbocycles. The fourth-order valence-corrected chi connectivity index (χ4v) is 2.25. The van der Waals surface area contributed by atoms with Crippen molar-refractivity contribution in [3.05, 3.63) is 54.9 Å². The molecule has 1 aromatic heterocycles. The molecule has 126 valence electrons. The molecule has 0 radical (unpaired) electrons. The SMILES string of the molecule is C=CCNc1ncc(C(=O)Nc2ccc(N(CC)CC)cc2)cn1. The van der Waals surface area contributed by atoms with Crippen molar-refractivity contribution in [1.29, 1.82) is 0 Å². The van der Waals surface area contributed by atoms with E-state index >= 15 is 0 Å². The Bertz CT molecular complexity index is 663. The minimum absolute atomic E-state index is 0.235. The molecule has 2 N–H and O–H groups in total. The van der Waals surface area contributed by atoms with Crippen LogP contribution < -0.4 is 15.5 Å². The van der Waals surface area contributed by atoms with Gasteiger partial charge < -0.3 is 15.5 Å². The van der Waals surface area contributed by atoms with E-state index in [1.54, 1.807) is 6.08 Å². The molecule has 0 saturated carbocycles. The zero-order valence-electron chi connectivity index (χ0n) is 14.1. The summed E-state index contributed by atoms with van der Waals surface area (Å²) in [6.45, 7) is 10.3. The van der Waals surface area contributed by atoms with Crippen LogP contribution in [0.4, 0.5) is 17.3 Å².